The summed E-state index contributed by atoms with van der Waals surface area (Å²) in [4.78, 5) is 11.9. The van der Waals surface area contributed by atoms with Gasteiger partial charge in [0.15, 0.2) is 6.61 Å². The average molecular weight is 358 g/mol. The van der Waals surface area contributed by atoms with Crippen molar-refractivity contribution < 1.29 is 22.7 Å². The van der Waals surface area contributed by atoms with Crippen LogP contribution in [0.4, 0.5) is 18.9 Å². The second-order valence-corrected chi connectivity index (χ2v) is 5.73. The first-order valence-corrected chi connectivity index (χ1v) is 7.41. The Bertz CT molecular complexity index is 760. The van der Waals surface area contributed by atoms with Crippen molar-refractivity contribution in [2.24, 2.45) is 0 Å². The van der Waals surface area contributed by atoms with Crippen molar-refractivity contribution in [2.45, 2.75) is 20.0 Å². The Labute approximate surface area is 142 Å². The average Bonchev–Trinajstić information content (AvgIpc) is 2.47. The molecule has 0 spiro atoms. The van der Waals surface area contributed by atoms with E-state index in [1.54, 1.807) is 6.07 Å². The van der Waals surface area contributed by atoms with Gasteiger partial charge in [-0.3, -0.25) is 4.79 Å². The van der Waals surface area contributed by atoms with Crippen LogP contribution < -0.4 is 10.1 Å². The fourth-order valence-electron chi connectivity index (χ4n) is 2.15. The number of ether oxygens (including phenoxy) is 1. The predicted molar refractivity (Wildman–Crippen MR) is 86.5 cm³/mol. The summed E-state index contributed by atoms with van der Waals surface area (Å²) in [5.41, 5.74) is 0.515. The maximum absolute atomic E-state index is 13.0. The number of benzene rings is 2. The molecule has 1 N–H and O–H groups in total. The summed E-state index contributed by atoms with van der Waals surface area (Å²) in [6, 6.07) is 8.57. The molecule has 2 aromatic rings. The molecule has 128 valence electrons. The predicted octanol–water partition coefficient (Wildman–Crippen LogP) is 4.99. The molecular weight excluding hydrogens is 343 g/mol. The van der Waals surface area contributed by atoms with E-state index in [4.69, 9.17) is 16.3 Å². The Balaban J connectivity index is 2.08. The number of anilines is 1. The van der Waals surface area contributed by atoms with Crippen LogP contribution in [-0.4, -0.2) is 12.5 Å². The standard InChI is InChI=1S/C17H15ClF3NO2/c1-10-3-6-15(11(2)7-10)24-9-16(23)22-14-5-4-12(18)8-13(14)17(19,20)21/h3-8H,9H2,1-2H3,(H,22,23). The third-order valence-corrected chi connectivity index (χ3v) is 3.49. The van der Waals surface area contributed by atoms with Crippen LogP contribution >= 0.6 is 11.6 Å². The third-order valence-electron chi connectivity index (χ3n) is 3.25. The fraction of sp³-hybridized carbons (Fsp3) is 0.235. The molecule has 0 unspecified atom stereocenters. The number of halogens is 4. The minimum absolute atomic E-state index is 0.0631. The van der Waals surface area contributed by atoms with Crippen LogP contribution in [0.25, 0.3) is 0 Å². The maximum atomic E-state index is 13.0. The molecular formula is C17H15ClF3NO2. The van der Waals surface area contributed by atoms with Gasteiger partial charge in [-0.2, -0.15) is 13.2 Å². The highest BCUT2D eigenvalue weighted by Crippen LogP contribution is 2.36. The van der Waals surface area contributed by atoms with Gasteiger partial charge in [0.1, 0.15) is 5.75 Å². The summed E-state index contributed by atoms with van der Waals surface area (Å²) in [5.74, 6) is -0.189. The van der Waals surface area contributed by atoms with Crippen molar-refractivity contribution in [1.29, 1.82) is 0 Å². The van der Waals surface area contributed by atoms with E-state index < -0.39 is 24.3 Å². The minimum Gasteiger partial charge on any atom is -0.483 e. The van der Waals surface area contributed by atoms with Gasteiger partial charge in [0.05, 0.1) is 11.3 Å². The maximum Gasteiger partial charge on any atom is 0.418 e. The van der Waals surface area contributed by atoms with E-state index in [2.05, 4.69) is 5.32 Å². The van der Waals surface area contributed by atoms with Crippen LogP contribution in [-0.2, 0) is 11.0 Å². The molecule has 0 heterocycles. The largest absolute Gasteiger partial charge is 0.483 e. The first kappa shape index (κ1) is 18.1. The number of carbonyl (C=O) groups is 1. The number of alkyl halides is 3. The van der Waals surface area contributed by atoms with Gasteiger partial charge in [-0.15, -0.1) is 0 Å². The lowest BCUT2D eigenvalue weighted by Gasteiger charge is -2.15. The Kier molecular flexibility index (Phi) is 5.39. The van der Waals surface area contributed by atoms with Gasteiger partial charge in [0.25, 0.3) is 5.91 Å². The number of nitrogens with one attached hydrogen (secondary N) is 1. The number of amides is 1. The Hall–Kier alpha value is -2.21. The van der Waals surface area contributed by atoms with E-state index in [-0.39, 0.29) is 10.7 Å². The lowest BCUT2D eigenvalue weighted by Crippen LogP contribution is -2.22. The van der Waals surface area contributed by atoms with Gasteiger partial charge in [-0.1, -0.05) is 29.3 Å². The molecule has 1 amide bonds. The highest BCUT2D eigenvalue weighted by atomic mass is 35.5. The quantitative estimate of drug-likeness (QED) is 0.836. The zero-order valence-electron chi connectivity index (χ0n) is 13.0. The lowest BCUT2D eigenvalue weighted by atomic mass is 10.1. The van der Waals surface area contributed by atoms with E-state index in [9.17, 15) is 18.0 Å². The normalized spacial score (nSPS) is 11.2. The zero-order chi connectivity index (χ0) is 17.9. The van der Waals surface area contributed by atoms with E-state index in [1.165, 1.54) is 6.07 Å². The molecule has 0 atom stereocenters. The Morgan fingerprint density at radius 1 is 1.17 bits per heavy atom. The molecule has 0 saturated carbocycles. The highest BCUT2D eigenvalue weighted by molar-refractivity contribution is 6.30. The van der Waals surface area contributed by atoms with Crippen molar-refractivity contribution in [3.05, 3.63) is 58.1 Å². The van der Waals surface area contributed by atoms with E-state index in [1.807, 2.05) is 26.0 Å². The van der Waals surface area contributed by atoms with Crippen molar-refractivity contribution in [3.63, 3.8) is 0 Å². The molecule has 0 aliphatic carbocycles. The van der Waals surface area contributed by atoms with E-state index in [0.717, 1.165) is 23.3 Å². The topological polar surface area (TPSA) is 38.3 Å². The molecule has 0 aromatic heterocycles. The van der Waals surface area contributed by atoms with Crippen LogP contribution in [0.1, 0.15) is 16.7 Å². The van der Waals surface area contributed by atoms with Gasteiger partial charge in [-0.05, 0) is 43.7 Å². The zero-order valence-corrected chi connectivity index (χ0v) is 13.8. The minimum atomic E-state index is -4.62. The van der Waals surface area contributed by atoms with Gasteiger partial charge in [0, 0.05) is 5.02 Å². The van der Waals surface area contributed by atoms with Crippen LogP contribution in [0, 0.1) is 13.8 Å². The Morgan fingerprint density at radius 3 is 2.50 bits per heavy atom. The first-order chi connectivity index (χ1) is 11.2. The number of aryl methyl sites for hydroxylation is 2. The lowest BCUT2D eigenvalue weighted by molar-refractivity contribution is -0.137. The molecule has 2 rings (SSSR count). The smallest absolute Gasteiger partial charge is 0.418 e. The molecule has 2 aromatic carbocycles. The van der Waals surface area contributed by atoms with Crippen molar-refractivity contribution in [2.75, 3.05) is 11.9 Å². The molecule has 0 radical (unpaired) electrons. The van der Waals surface area contributed by atoms with Gasteiger partial charge < -0.3 is 10.1 Å². The Morgan fingerprint density at radius 2 is 1.88 bits per heavy atom. The summed E-state index contributed by atoms with van der Waals surface area (Å²) in [6.45, 7) is 3.34. The number of carbonyl (C=O) groups excluding carboxylic acids is 1. The van der Waals surface area contributed by atoms with E-state index >= 15 is 0 Å². The summed E-state index contributed by atoms with van der Waals surface area (Å²) in [7, 11) is 0. The fourth-order valence-corrected chi connectivity index (χ4v) is 2.32. The molecule has 0 bridgehead atoms. The van der Waals surface area contributed by atoms with Crippen molar-refractivity contribution >= 4 is 23.2 Å². The summed E-state index contributed by atoms with van der Waals surface area (Å²) in [5, 5.41) is 2.14. The molecule has 0 saturated heterocycles. The van der Waals surface area contributed by atoms with Gasteiger partial charge in [0.2, 0.25) is 0 Å². The highest BCUT2D eigenvalue weighted by Gasteiger charge is 2.34. The molecule has 0 aliphatic heterocycles. The van der Waals surface area contributed by atoms with Crippen LogP contribution in [0.3, 0.4) is 0 Å². The van der Waals surface area contributed by atoms with Crippen LogP contribution in [0.5, 0.6) is 5.75 Å². The van der Waals surface area contributed by atoms with Gasteiger partial charge >= 0.3 is 6.18 Å². The van der Waals surface area contributed by atoms with Crippen LogP contribution in [0.2, 0.25) is 5.02 Å². The SMILES string of the molecule is Cc1ccc(OCC(=O)Nc2ccc(Cl)cc2C(F)(F)F)c(C)c1. The number of hydrogen-bond donors (Lipinski definition) is 1. The second-order valence-electron chi connectivity index (χ2n) is 5.29. The summed E-state index contributed by atoms with van der Waals surface area (Å²) in [6.07, 6.45) is -4.62. The third kappa shape index (κ3) is 4.64. The monoisotopic (exact) mass is 357 g/mol. The first-order valence-electron chi connectivity index (χ1n) is 7.03. The molecule has 7 heteroatoms. The van der Waals surface area contributed by atoms with E-state index in [0.29, 0.717) is 5.75 Å². The summed E-state index contributed by atoms with van der Waals surface area (Å²) < 4.78 is 44.3. The molecule has 0 fully saturated rings. The van der Waals surface area contributed by atoms with Crippen molar-refractivity contribution in [1.82, 2.24) is 0 Å². The molecule has 3 nitrogen and oxygen atoms in total. The second kappa shape index (κ2) is 7.13. The number of rotatable bonds is 4. The summed E-state index contributed by atoms with van der Waals surface area (Å²) >= 11 is 5.59. The van der Waals surface area contributed by atoms with Crippen molar-refractivity contribution in [3.8, 4) is 5.75 Å². The van der Waals surface area contributed by atoms with Crippen LogP contribution in [0.15, 0.2) is 36.4 Å². The van der Waals surface area contributed by atoms with Gasteiger partial charge in [-0.25, -0.2) is 0 Å². The molecule has 24 heavy (non-hydrogen) atoms. The number of hydrogen-bond acceptors (Lipinski definition) is 2. The molecule has 0 aliphatic rings.